The Kier molecular flexibility index (Phi) is 3.08. The van der Waals surface area contributed by atoms with Gasteiger partial charge in [-0.25, -0.2) is 13.6 Å². The fourth-order valence-corrected chi connectivity index (χ4v) is 0.302. The highest BCUT2D eigenvalue weighted by Gasteiger charge is 2.16. The minimum absolute atomic E-state index is 1.03. The summed E-state index contributed by atoms with van der Waals surface area (Å²) in [6, 6.07) is 0. The number of rotatable bonds is 2. The first-order valence-electron chi connectivity index (χ1n) is 2.13. The number of carboxylic acid groups (broad SMARTS) is 1. The lowest BCUT2D eigenvalue weighted by molar-refractivity contribution is -0.132. The summed E-state index contributed by atoms with van der Waals surface area (Å²) in [5.41, 5.74) is 3.46. The Bertz CT molecular complexity index is 180. The van der Waals surface area contributed by atoms with Crippen molar-refractivity contribution in [1.29, 1.82) is 0 Å². The van der Waals surface area contributed by atoms with Crippen LogP contribution in [0.2, 0.25) is 0 Å². The Hall–Kier alpha value is -0.840. The zero-order valence-electron chi connectivity index (χ0n) is 4.64. The summed E-state index contributed by atoms with van der Waals surface area (Å²) >= 11 is 4.84. The number of alkyl halides is 2. The van der Waals surface area contributed by atoms with Gasteiger partial charge < -0.3 is 10.8 Å². The molecule has 0 aromatic heterocycles. The van der Waals surface area contributed by atoms with E-state index in [-0.39, 0.29) is 0 Å². The van der Waals surface area contributed by atoms with Crippen LogP contribution in [0.3, 0.4) is 0 Å². The van der Waals surface area contributed by atoms with Crippen LogP contribution in [0.25, 0.3) is 0 Å². The molecular weight excluding hydrogens is 167 g/mol. The van der Waals surface area contributed by atoms with Crippen molar-refractivity contribution in [3.63, 3.8) is 0 Å². The Morgan fingerprint density at radius 1 is 1.60 bits per heavy atom. The maximum atomic E-state index is 11.5. The monoisotopic (exact) mass is 171 g/mol. The zero-order chi connectivity index (χ0) is 8.31. The second kappa shape index (κ2) is 3.36. The average Bonchev–Trinajstić information content (AvgIpc) is 1.84. The maximum Gasteiger partial charge on any atom is 0.349 e. The van der Waals surface area contributed by atoms with Crippen LogP contribution >= 0.6 is 11.6 Å². The van der Waals surface area contributed by atoms with E-state index in [0.717, 1.165) is 0 Å². The molecule has 0 rings (SSSR count). The van der Waals surface area contributed by atoms with E-state index in [0.29, 0.717) is 0 Å². The molecular formula is C4H4ClF2NO2. The number of allylic oxidation sites excluding steroid dienone is 1. The molecule has 58 valence electrons. The van der Waals surface area contributed by atoms with Crippen LogP contribution in [0, 0.1) is 0 Å². The number of aliphatic carboxylic acids is 1. The van der Waals surface area contributed by atoms with E-state index >= 15 is 0 Å². The first-order chi connectivity index (χ1) is 4.46. The van der Waals surface area contributed by atoms with E-state index in [2.05, 4.69) is 5.73 Å². The number of carboxylic acids is 1. The minimum Gasteiger partial charge on any atom is -0.477 e. The van der Waals surface area contributed by atoms with Gasteiger partial charge in [0.05, 0.1) is 0 Å². The van der Waals surface area contributed by atoms with Gasteiger partial charge in [-0.15, -0.1) is 0 Å². The lowest BCUT2D eigenvalue weighted by atomic mass is 10.4. The van der Waals surface area contributed by atoms with Crippen LogP contribution in [-0.4, -0.2) is 17.5 Å². The molecule has 0 atom stereocenters. The molecule has 0 spiro atoms. The highest BCUT2D eigenvalue weighted by Crippen LogP contribution is 2.11. The normalized spacial score (nSPS) is 13.2. The molecule has 0 aliphatic rings. The highest BCUT2D eigenvalue weighted by molar-refractivity contribution is 6.41. The molecule has 0 unspecified atom stereocenters. The van der Waals surface area contributed by atoms with E-state index in [4.69, 9.17) is 16.7 Å². The minimum atomic E-state index is -3.02. The van der Waals surface area contributed by atoms with Gasteiger partial charge in [-0.2, -0.15) is 0 Å². The van der Waals surface area contributed by atoms with Crippen molar-refractivity contribution in [2.24, 2.45) is 5.73 Å². The van der Waals surface area contributed by atoms with Crippen molar-refractivity contribution in [2.45, 2.75) is 6.43 Å². The Morgan fingerprint density at radius 3 is 2.10 bits per heavy atom. The third-order valence-corrected chi connectivity index (χ3v) is 1.06. The topological polar surface area (TPSA) is 63.3 Å². The Labute approximate surface area is 60.1 Å². The van der Waals surface area contributed by atoms with E-state index in [1.807, 2.05) is 0 Å². The molecule has 3 N–H and O–H groups in total. The summed E-state index contributed by atoms with van der Waals surface area (Å²) < 4.78 is 23.0. The number of halogens is 3. The van der Waals surface area contributed by atoms with E-state index < -0.39 is 23.1 Å². The van der Waals surface area contributed by atoms with Gasteiger partial charge in [0.15, 0.2) is 0 Å². The average molecular weight is 172 g/mol. The molecule has 0 aliphatic heterocycles. The molecule has 0 saturated heterocycles. The standard InChI is InChI=1S/C4H4ClF2NO2/c5-1(4(9)10)2(8)3(6)7/h3H,8H2,(H,9,10)/b2-1+. The van der Waals surface area contributed by atoms with Crippen molar-refractivity contribution in [3.8, 4) is 0 Å². The van der Waals surface area contributed by atoms with Crippen molar-refractivity contribution >= 4 is 17.6 Å². The molecule has 0 aromatic rings. The fourth-order valence-electron chi connectivity index (χ4n) is 0.219. The van der Waals surface area contributed by atoms with Gasteiger partial charge in [0, 0.05) is 0 Å². The smallest absolute Gasteiger partial charge is 0.349 e. The predicted molar refractivity (Wildman–Crippen MR) is 30.7 cm³/mol. The molecule has 0 saturated carbocycles. The van der Waals surface area contributed by atoms with Crippen molar-refractivity contribution < 1.29 is 18.7 Å². The second-order valence-corrected chi connectivity index (χ2v) is 1.75. The Morgan fingerprint density at radius 2 is 2.00 bits per heavy atom. The lowest BCUT2D eigenvalue weighted by Crippen LogP contribution is -2.13. The summed E-state index contributed by atoms with van der Waals surface area (Å²) in [6.45, 7) is 0. The number of carbonyl (C=O) groups is 1. The summed E-state index contributed by atoms with van der Waals surface area (Å²) in [5.74, 6) is -1.65. The number of hydrogen-bond donors (Lipinski definition) is 2. The largest absolute Gasteiger partial charge is 0.477 e. The Balaban J connectivity index is 4.50. The first kappa shape index (κ1) is 9.16. The summed E-state index contributed by atoms with van der Waals surface area (Å²) in [6.07, 6.45) is -3.02. The third-order valence-electron chi connectivity index (χ3n) is 0.676. The van der Waals surface area contributed by atoms with Gasteiger partial charge in [-0.1, -0.05) is 11.6 Å². The molecule has 0 aromatic carbocycles. The van der Waals surface area contributed by atoms with Crippen LogP contribution < -0.4 is 5.73 Å². The molecule has 3 nitrogen and oxygen atoms in total. The van der Waals surface area contributed by atoms with Crippen LogP contribution in [0.5, 0.6) is 0 Å². The first-order valence-corrected chi connectivity index (χ1v) is 2.51. The predicted octanol–water partition coefficient (Wildman–Crippen LogP) is 0.745. The fraction of sp³-hybridized carbons (Fsp3) is 0.250. The summed E-state index contributed by atoms with van der Waals surface area (Å²) in [5, 5.41) is 6.97. The van der Waals surface area contributed by atoms with Crippen LogP contribution in [0.15, 0.2) is 10.7 Å². The maximum absolute atomic E-state index is 11.5. The number of nitrogens with two attached hydrogens (primary N) is 1. The summed E-state index contributed by atoms with van der Waals surface area (Å²) in [4.78, 5) is 9.84. The molecule has 0 radical (unpaired) electrons. The van der Waals surface area contributed by atoms with Crippen LogP contribution in [0.1, 0.15) is 0 Å². The van der Waals surface area contributed by atoms with Gasteiger partial charge in [0.1, 0.15) is 10.7 Å². The molecule has 0 fully saturated rings. The van der Waals surface area contributed by atoms with Crippen LogP contribution in [0.4, 0.5) is 8.78 Å². The van der Waals surface area contributed by atoms with Crippen molar-refractivity contribution in [1.82, 2.24) is 0 Å². The third kappa shape index (κ3) is 2.18. The van der Waals surface area contributed by atoms with Gasteiger partial charge in [0.25, 0.3) is 6.43 Å². The molecule has 6 heteroatoms. The lowest BCUT2D eigenvalue weighted by Gasteiger charge is -1.98. The molecule has 0 amide bonds. The molecule has 0 heterocycles. The molecule has 10 heavy (non-hydrogen) atoms. The number of hydrogen-bond acceptors (Lipinski definition) is 2. The molecule has 0 aliphatic carbocycles. The van der Waals surface area contributed by atoms with Crippen molar-refractivity contribution in [3.05, 3.63) is 10.7 Å². The van der Waals surface area contributed by atoms with Gasteiger partial charge >= 0.3 is 5.97 Å². The van der Waals surface area contributed by atoms with Crippen LogP contribution in [-0.2, 0) is 4.79 Å². The quantitative estimate of drug-likeness (QED) is 0.603. The zero-order valence-corrected chi connectivity index (χ0v) is 5.40. The second-order valence-electron chi connectivity index (χ2n) is 1.38. The van der Waals surface area contributed by atoms with E-state index in [1.165, 1.54) is 0 Å². The SMILES string of the molecule is N/C(=C(/Cl)C(=O)O)C(F)F. The summed E-state index contributed by atoms with van der Waals surface area (Å²) in [7, 11) is 0. The highest BCUT2D eigenvalue weighted by atomic mass is 35.5. The van der Waals surface area contributed by atoms with Crippen molar-refractivity contribution in [2.75, 3.05) is 0 Å². The van der Waals surface area contributed by atoms with Gasteiger partial charge in [-0.3, -0.25) is 0 Å². The van der Waals surface area contributed by atoms with Gasteiger partial charge in [0.2, 0.25) is 0 Å². The van der Waals surface area contributed by atoms with E-state index in [9.17, 15) is 13.6 Å². The van der Waals surface area contributed by atoms with Gasteiger partial charge in [-0.05, 0) is 0 Å². The van der Waals surface area contributed by atoms with E-state index in [1.54, 1.807) is 0 Å². The molecule has 0 bridgehead atoms.